The van der Waals surface area contributed by atoms with Crippen molar-refractivity contribution in [3.05, 3.63) is 21.9 Å². The quantitative estimate of drug-likeness (QED) is 0.832. The molecule has 1 fully saturated rings. The topological polar surface area (TPSA) is 78.9 Å². The van der Waals surface area contributed by atoms with Gasteiger partial charge in [-0.2, -0.15) is 0 Å². The molecule has 1 aliphatic rings. The molecule has 0 radical (unpaired) electrons. The van der Waals surface area contributed by atoms with Crippen LogP contribution in [-0.4, -0.2) is 61.3 Å². The molecular formula is C15H22N2O4S. The van der Waals surface area contributed by atoms with Crippen LogP contribution in [0.2, 0.25) is 0 Å². The van der Waals surface area contributed by atoms with Crippen molar-refractivity contribution in [3.8, 4) is 0 Å². The molecule has 2 heterocycles. The summed E-state index contributed by atoms with van der Waals surface area (Å²) < 4.78 is 4.80. The number of piperidine rings is 1. The lowest BCUT2D eigenvalue weighted by Gasteiger charge is -2.38. The van der Waals surface area contributed by atoms with Crippen molar-refractivity contribution in [2.24, 2.45) is 5.92 Å². The molecule has 2 atom stereocenters. The minimum absolute atomic E-state index is 0.00165. The Morgan fingerprint density at radius 1 is 1.50 bits per heavy atom. The van der Waals surface area contributed by atoms with Crippen molar-refractivity contribution in [3.63, 3.8) is 0 Å². The Bertz CT molecular complexity index is 531. The summed E-state index contributed by atoms with van der Waals surface area (Å²) in [6.45, 7) is 2.93. The highest BCUT2D eigenvalue weighted by Gasteiger charge is 2.32. The van der Waals surface area contributed by atoms with Crippen LogP contribution in [0, 0.1) is 12.8 Å². The van der Waals surface area contributed by atoms with Crippen LogP contribution >= 0.6 is 11.3 Å². The molecule has 0 spiro atoms. The first kappa shape index (κ1) is 16.9. The second-order valence-corrected chi connectivity index (χ2v) is 6.79. The van der Waals surface area contributed by atoms with Gasteiger partial charge in [0.1, 0.15) is 6.61 Å². The van der Waals surface area contributed by atoms with Gasteiger partial charge in [-0.15, -0.1) is 11.3 Å². The van der Waals surface area contributed by atoms with Gasteiger partial charge >= 0.3 is 0 Å². The molecule has 6 nitrogen and oxygen atoms in total. The molecule has 2 rings (SSSR count). The second-order valence-electron chi connectivity index (χ2n) is 5.50. The molecule has 122 valence electrons. The first-order valence-electron chi connectivity index (χ1n) is 7.30. The second kappa shape index (κ2) is 7.71. The minimum Gasteiger partial charge on any atom is -0.396 e. The molecule has 22 heavy (non-hydrogen) atoms. The van der Waals surface area contributed by atoms with E-state index in [1.165, 1.54) is 18.4 Å². The molecular weight excluding hydrogens is 304 g/mol. The van der Waals surface area contributed by atoms with Gasteiger partial charge in [0, 0.05) is 43.6 Å². The number of carbonyl (C=O) groups excluding carboxylic acids is 2. The summed E-state index contributed by atoms with van der Waals surface area (Å²) >= 11 is 1.48. The molecule has 0 unspecified atom stereocenters. The number of ether oxygens (including phenoxy) is 1. The lowest BCUT2D eigenvalue weighted by molar-refractivity contribution is -0.126. The fourth-order valence-electron chi connectivity index (χ4n) is 2.68. The summed E-state index contributed by atoms with van der Waals surface area (Å²) in [6.07, 6.45) is 0.636. The number of nitrogens with one attached hydrogen (secondary N) is 1. The van der Waals surface area contributed by atoms with Gasteiger partial charge in [-0.25, -0.2) is 0 Å². The highest BCUT2D eigenvalue weighted by atomic mass is 32.1. The lowest BCUT2D eigenvalue weighted by atomic mass is 9.92. The number of carbonyl (C=O) groups is 2. The van der Waals surface area contributed by atoms with E-state index in [1.54, 1.807) is 4.90 Å². The van der Waals surface area contributed by atoms with E-state index >= 15 is 0 Å². The normalized spacial score (nSPS) is 21.7. The molecule has 0 saturated carbocycles. The average Bonchev–Trinajstić information content (AvgIpc) is 2.93. The lowest BCUT2D eigenvalue weighted by Crippen LogP contribution is -2.54. The molecule has 1 aromatic rings. The van der Waals surface area contributed by atoms with Crippen LogP contribution in [0.25, 0.3) is 0 Å². The number of hydrogen-bond acceptors (Lipinski definition) is 5. The first-order chi connectivity index (χ1) is 10.5. The Hall–Kier alpha value is -1.44. The van der Waals surface area contributed by atoms with Crippen molar-refractivity contribution >= 4 is 23.2 Å². The zero-order valence-corrected chi connectivity index (χ0v) is 13.7. The Morgan fingerprint density at radius 3 is 2.86 bits per heavy atom. The van der Waals surface area contributed by atoms with E-state index in [0.717, 1.165) is 9.75 Å². The van der Waals surface area contributed by atoms with Gasteiger partial charge in [0.25, 0.3) is 5.91 Å². The Kier molecular flexibility index (Phi) is 5.93. The van der Waals surface area contributed by atoms with Gasteiger partial charge in [-0.3, -0.25) is 9.59 Å². The Morgan fingerprint density at radius 2 is 2.27 bits per heavy atom. The van der Waals surface area contributed by atoms with Crippen molar-refractivity contribution < 1.29 is 19.4 Å². The van der Waals surface area contributed by atoms with Gasteiger partial charge in [-0.1, -0.05) is 0 Å². The summed E-state index contributed by atoms with van der Waals surface area (Å²) in [4.78, 5) is 27.6. The first-order valence-corrected chi connectivity index (χ1v) is 8.11. The number of amides is 2. The van der Waals surface area contributed by atoms with Crippen LogP contribution in [0.5, 0.6) is 0 Å². The SMILES string of the molecule is COCC(=O)N[C@@H]1CCN(C(=O)c2ccc(C)s2)C[C@@H]1CO. The van der Waals surface area contributed by atoms with Crippen LogP contribution in [0.4, 0.5) is 0 Å². The summed E-state index contributed by atoms with van der Waals surface area (Å²) in [7, 11) is 1.47. The molecule has 0 aliphatic carbocycles. The average molecular weight is 326 g/mol. The van der Waals surface area contributed by atoms with E-state index in [4.69, 9.17) is 4.74 Å². The number of methoxy groups -OCH3 is 1. The van der Waals surface area contributed by atoms with Crippen LogP contribution in [-0.2, 0) is 9.53 Å². The largest absolute Gasteiger partial charge is 0.396 e. The summed E-state index contributed by atoms with van der Waals surface area (Å²) in [5, 5.41) is 12.4. The van der Waals surface area contributed by atoms with Crippen molar-refractivity contribution in [1.29, 1.82) is 0 Å². The monoisotopic (exact) mass is 326 g/mol. The molecule has 1 saturated heterocycles. The smallest absolute Gasteiger partial charge is 0.263 e. The Labute approximate surface area is 134 Å². The van der Waals surface area contributed by atoms with E-state index in [9.17, 15) is 14.7 Å². The molecule has 2 amide bonds. The van der Waals surface area contributed by atoms with E-state index in [1.807, 2.05) is 19.1 Å². The number of hydrogen-bond donors (Lipinski definition) is 2. The zero-order chi connectivity index (χ0) is 16.1. The minimum atomic E-state index is -0.195. The van der Waals surface area contributed by atoms with E-state index in [2.05, 4.69) is 5.32 Å². The van der Waals surface area contributed by atoms with E-state index in [0.29, 0.717) is 19.5 Å². The highest BCUT2D eigenvalue weighted by molar-refractivity contribution is 7.13. The molecule has 7 heteroatoms. The summed E-state index contributed by atoms with van der Waals surface area (Å²) in [5.74, 6) is -0.350. The third-order valence-corrected chi connectivity index (χ3v) is 4.82. The maximum Gasteiger partial charge on any atom is 0.263 e. The maximum absolute atomic E-state index is 12.5. The van der Waals surface area contributed by atoms with Gasteiger partial charge < -0.3 is 20.1 Å². The van der Waals surface area contributed by atoms with Crippen LogP contribution in [0.1, 0.15) is 21.0 Å². The van der Waals surface area contributed by atoms with Crippen LogP contribution < -0.4 is 5.32 Å². The fourth-order valence-corrected chi connectivity index (χ4v) is 3.51. The number of aliphatic hydroxyl groups is 1. The van der Waals surface area contributed by atoms with Crippen molar-refractivity contribution in [2.75, 3.05) is 33.4 Å². The number of rotatable bonds is 5. The van der Waals surface area contributed by atoms with Gasteiger partial charge in [0.2, 0.25) is 5.91 Å². The van der Waals surface area contributed by atoms with Gasteiger partial charge in [-0.05, 0) is 25.5 Å². The van der Waals surface area contributed by atoms with Crippen LogP contribution in [0.15, 0.2) is 12.1 Å². The maximum atomic E-state index is 12.5. The summed E-state index contributed by atoms with van der Waals surface area (Å²) in [5.41, 5.74) is 0. The van der Waals surface area contributed by atoms with E-state index < -0.39 is 0 Å². The Balaban J connectivity index is 1.97. The van der Waals surface area contributed by atoms with Crippen molar-refractivity contribution in [2.45, 2.75) is 19.4 Å². The van der Waals surface area contributed by atoms with Gasteiger partial charge in [0.15, 0.2) is 0 Å². The standard InChI is InChI=1S/C15H22N2O4S/c1-10-3-4-13(22-10)15(20)17-6-5-12(11(7-17)8-18)16-14(19)9-21-2/h3-4,11-12,18H,5-9H2,1-2H3,(H,16,19)/t11-,12-/m1/s1. The molecule has 0 bridgehead atoms. The highest BCUT2D eigenvalue weighted by Crippen LogP contribution is 2.22. The number of thiophene rings is 1. The molecule has 1 aromatic heterocycles. The zero-order valence-electron chi connectivity index (χ0n) is 12.9. The van der Waals surface area contributed by atoms with E-state index in [-0.39, 0.29) is 37.0 Å². The molecule has 2 N–H and O–H groups in total. The number of aliphatic hydroxyl groups excluding tert-OH is 1. The van der Waals surface area contributed by atoms with Gasteiger partial charge in [0.05, 0.1) is 4.88 Å². The summed E-state index contributed by atoms with van der Waals surface area (Å²) in [6, 6.07) is 3.64. The van der Waals surface area contributed by atoms with Crippen LogP contribution in [0.3, 0.4) is 0 Å². The third kappa shape index (κ3) is 4.06. The molecule has 1 aliphatic heterocycles. The fraction of sp³-hybridized carbons (Fsp3) is 0.600. The predicted molar refractivity (Wildman–Crippen MR) is 84.0 cm³/mol. The third-order valence-electron chi connectivity index (χ3n) is 3.83. The molecule has 0 aromatic carbocycles. The number of likely N-dealkylation sites (tertiary alicyclic amines) is 1. The number of nitrogens with zero attached hydrogens (tertiary/aromatic N) is 1. The van der Waals surface area contributed by atoms with Crippen molar-refractivity contribution in [1.82, 2.24) is 10.2 Å². The number of aryl methyl sites for hydroxylation is 1. The predicted octanol–water partition coefficient (Wildman–Crippen LogP) is 0.642.